The Hall–Kier alpha value is -0.740. The second-order valence-electron chi connectivity index (χ2n) is 3.12. The summed E-state index contributed by atoms with van der Waals surface area (Å²) in [5.74, 6) is 0.847. The van der Waals surface area contributed by atoms with Crippen molar-refractivity contribution in [2.24, 2.45) is 5.73 Å². The summed E-state index contributed by atoms with van der Waals surface area (Å²) in [7, 11) is 0. The van der Waals surface area contributed by atoms with Gasteiger partial charge in [0.05, 0.1) is 6.61 Å². The number of anilines is 1. The number of ether oxygens (including phenoxy) is 1. The first-order valence-corrected chi connectivity index (χ1v) is 4.95. The largest absolute Gasteiger partial charge is 0.493 e. The summed E-state index contributed by atoms with van der Waals surface area (Å²) in [5, 5.41) is 0. The number of nitrogen functional groups attached to an aromatic ring is 1. The van der Waals surface area contributed by atoms with Crippen LogP contribution in [0.2, 0.25) is 0 Å². The quantitative estimate of drug-likeness (QED) is 0.683. The van der Waals surface area contributed by atoms with Crippen LogP contribution in [0.1, 0.15) is 18.0 Å². The molecule has 0 unspecified atom stereocenters. The van der Waals surface area contributed by atoms with E-state index in [4.69, 9.17) is 16.2 Å². The van der Waals surface area contributed by atoms with Gasteiger partial charge in [-0.3, -0.25) is 0 Å². The molecule has 1 aliphatic rings. The average Bonchev–Trinajstić information content (AvgIpc) is 2.12. The molecule has 0 aromatic heterocycles. The number of halogens is 1. The van der Waals surface area contributed by atoms with Crippen molar-refractivity contribution in [2.45, 2.75) is 12.5 Å². The third kappa shape index (κ3) is 1.40. The van der Waals surface area contributed by atoms with Gasteiger partial charge in [-0.25, -0.2) is 0 Å². The first-order valence-electron chi connectivity index (χ1n) is 4.16. The van der Waals surface area contributed by atoms with Crippen molar-refractivity contribution in [2.75, 3.05) is 12.3 Å². The first-order chi connectivity index (χ1) is 6.20. The van der Waals surface area contributed by atoms with Crippen molar-refractivity contribution in [1.29, 1.82) is 0 Å². The molecule has 13 heavy (non-hydrogen) atoms. The van der Waals surface area contributed by atoms with E-state index in [0.29, 0.717) is 12.3 Å². The van der Waals surface area contributed by atoms with Crippen LogP contribution in [0.3, 0.4) is 0 Å². The average molecular weight is 243 g/mol. The fraction of sp³-hybridized carbons (Fsp3) is 0.333. The minimum Gasteiger partial charge on any atom is -0.493 e. The normalized spacial score (nSPS) is 20.6. The SMILES string of the molecule is Nc1ccc2c(c1Br)[C@@H](N)CCO2. The van der Waals surface area contributed by atoms with Crippen molar-refractivity contribution in [3.63, 3.8) is 0 Å². The topological polar surface area (TPSA) is 61.3 Å². The van der Waals surface area contributed by atoms with E-state index in [9.17, 15) is 0 Å². The molecule has 0 saturated carbocycles. The third-order valence-corrected chi connectivity index (χ3v) is 3.11. The molecular formula is C9H11BrN2O. The van der Waals surface area contributed by atoms with Gasteiger partial charge in [0, 0.05) is 28.2 Å². The zero-order valence-corrected chi connectivity index (χ0v) is 8.67. The highest BCUT2D eigenvalue weighted by atomic mass is 79.9. The maximum Gasteiger partial charge on any atom is 0.125 e. The molecule has 0 bridgehead atoms. The minimum absolute atomic E-state index is 0.0293. The monoisotopic (exact) mass is 242 g/mol. The number of rotatable bonds is 0. The van der Waals surface area contributed by atoms with E-state index in [1.54, 1.807) is 0 Å². The van der Waals surface area contributed by atoms with Gasteiger partial charge in [-0.05, 0) is 28.1 Å². The van der Waals surface area contributed by atoms with Crippen molar-refractivity contribution in [1.82, 2.24) is 0 Å². The Labute approximate surface area is 85.2 Å². The van der Waals surface area contributed by atoms with Crippen molar-refractivity contribution >= 4 is 21.6 Å². The molecule has 0 spiro atoms. The molecule has 4 N–H and O–H groups in total. The van der Waals surface area contributed by atoms with Crippen LogP contribution in [-0.4, -0.2) is 6.61 Å². The highest BCUT2D eigenvalue weighted by Crippen LogP contribution is 2.39. The van der Waals surface area contributed by atoms with Gasteiger partial charge in [0.25, 0.3) is 0 Å². The number of fused-ring (bicyclic) bond motifs is 1. The van der Waals surface area contributed by atoms with E-state index in [-0.39, 0.29) is 6.04 Å². The maximum atomic E-state index is 5.95. The van der Waals surface area contributed by atoms with E-state index in [1.807, 2.05) is 12.1 Å². The summed E-state index contributed by atoms with van der Waals surface area (Å²) < 4.78 is 6.34. The van der Waals surface area contributed by atoms with Crippen LogP contribution in [0, 0.1) is 0 Å². The van der Waals surface area contributed by atoms with Crippen LogP contribution in [-0.2, 0) is 0 Å². The number of nitrogens with two attached hydrogens (primary N) is 2. The van der Waals surface area contributed by atoms with Gasteiger partial charge in [-0.2, -0.15) is 0 Å². The smallest absolute Gasteiger partial charge is 0.125 e. The van der Waals surface area contributed by atoms with Crippen LogP contribution in [0.4, 0.5) is 5.69 Å². The number of hydrogen-bond acceptors (Lipinski definition) is 3. The Balaban J connectivity index is 2.58. The molecule has 1 atom stereocenters. The van der Waals surface area contributed by atoms with Crippen molar-refractivity contribution in [3.05, 3.63) is 22.2 Å². The van der Waals surface area contributed by atoms with E-state index < -0.39 is 0 Å². The molecule has 0 saturated heterocycles. The molecule has 4 heteroatoms. The lowest BCUT2D eigenvalue weighted by Gasteiger charge is -2.24. The molecule has 1 heterocycles. The van der Waals surface area contributed by atoms with Gasteiger partial charge >= 0.3 is 0 Å². The Morgan fingerprint density at radius 2 is 2.23 bits per heavy atom. The lowest BCUT2D eigenvalue weighted by atomic mass is 10.0. The minimum atomic E-state index is 0.0293. The second-order valence-corrected chi connectivity index (χ2v) is 3.92. The highest BCUT2D eigenvalue weighted by Gasteiger charge is 2.21. The molecule has 1 aliphatic heterocycles. The number of hydrogen-bond donors (Lipinski definition) is 2. The van der Waals surface area contributed by atoms with Crippen LogP contribution >= 0.6 is 15.9 Å². The maximum absolute atomic E-state index is 5.95. The van der Waals surface area contributed by atoms with Gasteiger partial charge in [0.1, 0.15) is 5.75 Å². The fourth-order valence-electron chi connectivity index (χ4n) is 1.50. The predicted molar refractivity (Wildman–Crippen MR) is 55.6 cm³/mol. The zero-order chi connectivity index (χ0) is 9.42. The summed E-state index contributed by atoms with van der Waals surface area (Å²) in [6.45, 7) is 0.685. The standard InChI is InChI=1S/C9H11BrN2O/c10-9-6(12)1-2-7-8(9)5(11)3-4-13-7/h1-2,5H,3-4,11-12H2/t5-/m0/s1. The summed E-state index contributed by atoms with van der Waals surface area (Å²) in [4.78, 5) is 0. The molecule has 3 nitrogen and oxygen atoms in total. The molecule has 2 rings (SSSR count). The van der Waals surface area contributed by atoms with Crippen molar-refractivity contribution in [3.8, 4) is 5.75 Å². The predicted octanol–water partition coefficient (Wildman–Crippen LogP) is 1.81. The fourth-order valence-corrected chi connectivity index (χ4v) is 2.13. The second kappa shape index (κ2) is 3.20. The Morgan fingerprint density at radius 3 is 3.00 bits per heavy atom. The Morgan fingerprint density at radius 1 is 1.46 bits per heavy atom. The molecule has 0 radical (unpaired) electrons. The third-order valence-electron chi connectivity index (χ3n) is 2.23. The molecule has 70 valence electrons. The lowest BCUT2D eigenvalue weighted by molar-refractivity contribution is 0.268. The van der Waals surface area contributed by atoms with Gasteiger partial charge in [0.2, 0.25) is 0 Å². The van der Waals surface area contributed by atoms with E-state index in [2.05, 4.69) is 15.9 Å². The van der Waals surface area contributed by atoms with Crippen LogP contribution in [0.15, 0.2) is 16.6 Å². The molecular weight excluding hydrogens is 232 g/mol. The Kier molecular flexibility index (Phi) is 2.17. The summed E-state index contributed by atoms with van der Waals surface area (Å²) in [6, 6.07) is 3.72. The molecule has 0 amide bonds. The lowest BCUT2D eigenvalue weighted by Crippen LogP contribution is -2.21. The van der Waals surface area contributed by atoms with Gasteiger partial charge in [-0.15, -0.1) is 0 Å². The summed E-state index contributed by atoms with van der Waals surface area (Å²) >= 11 is 3.42. The number of benzene rings is 1. The van der Waals surface area contributed by atoms with E-state index >= 15 is 0 Å². The highest BCUT2D eigenvalue weighted by molar-refractivity contribution is 9.10. The van der Waals surface area contributed by atoms with Crippen LogP contribution in [0.5, 0.6) is 5.75 Å². The van der Waals surface area contributed by atoms with Gasteiger partial charge in [-0.1, -0.05) is 0 Å². The van der Waals surface area contributed by atoms with Crippen LogP contribution < -0.4 is 16.2 Å². The van der Waals surface area contributed by atoms with Gasteiger partial charge in [0.15, 0.2) is 0 Å². The zero-order valence-electron chi connectivity index (χ0n) is 7.09. The van der Waals surface area contributed by atoms with E-state index in [0.717, 1.165) is 22.2 Å². The van der Waals surface area contributed by atoms with E-state index in [1.165, 1.54) is 0 Å². The Bertz CT molecular complexity index is 341. The summed E-state index contributed by atoms with van der Waals surface area (Å²) in [5.41, 5.74) is 13.4. The van der Waals surface area contributed by atoms with Crippen LogP contribution in [0.25, 0.3) is 0 Å². The first kappa shape index (κ1) is 8.84. The molecule has 1 aromatic carbocycles. The molecule has 0 fully saturated rings. The molecule has 1 aromatic rings. The molecule has 0 aliphatic carbocycles. The van der Waals surface area contributed by atoms with Gasteiger partial charge < -0.3 is 16.2 Å². The summed E-state index contributed by atoms with van der Waals surface area (Å²) in [6.07, 6.45) is 0.842. The van der Waals surface area contributed by atoms with Crippen molar-refractivity contribution < 1.29 is 4.74 Å².